The highest BCUT2D eigenvalue weighted by Crippen LogP contribution is 2.38. The Morgan fingerprint density at radius 2 is 1.32 bits per heavy atom. The molecular weight excluding hydrogens is 781 g/mol. The maximum atomic E-state index is 12.7. The van der Waals surface area contributed by atoms with Crippen molar-refractivity contribution in [2.24, 2.45) is 11.8 Å². The van der Waals surface area contributed by atoms with Crippen LogP contribution in [0.5, 0.6) is 0 Å². The number of allylic oxidation sites excluding steroid dienone is 5. The van der Waals surface area contributed by atoms with Gasteiger partial charge in [0, 0.05) is 18.8 Å². The molecule has 11 nitrogen and oxygen atoms in total. The summed E-state index contributed by atoms with van der Waals surface area (Å²) in [6, 6.07) is 0. The van der Waals surface area contributed by atoms with Crippen molar-refractivity contribution in [3.8, 4) is 0 Å². The molecule has 12 heteroatoms. The molecule has 0 aromatic heterocycles. The number of carbonyl (C=O) groups is 3. The molecule has 0 heterocycles. The molecule has 5 atom stereocenters. The maximum absolute atomic E-state index is 12.7. The van der Waals surface area contributed by atoms with Gasteiger partial charge in [-0.25, -0.2) is 0 Å². The molecule has 1 N–H and O–H groups in total. The standard InChI is InChI=1S/C48H86NO10P/c1-6-8-10-11-12-13-14-15-16-17-18-19-20-21-22-23-29-33-48(53)59-44(41-58-60(54,55)57-39-38-49(3,4)5)40-56-47(52)32-28-25-24-27-30-42-34-37-46(51)45(42)36-35-43(50)31-26-9-7-2/h24,27,34-37,42-45,50H,6-23,25-26,28-33,38-41H2,1-5H3/b27-24-,36-35+/t42-,43-,44+,45+/m0/s1. The molecule has 0 radical (unpaired) electrons. The minimum Gasteiger partial charge on any atom is -0.756 e. The number of quaternary nitrogens is 1. The molecule has 0 fully saturated rings. The lowest BCUT2D eigenvalue weighted by Crippen LogP contribution is -2.37. The normalized spacial score (nSPS) is 17.8. The van der Waals surface area contributed by atoms with Crippen LogP contribution in [0.3, 0.4) is 0 Å². The summed E-state index contributed by atoms with van der Waals surface area (Å²) in [5, 5.41) is 10.2. The Labute approximate surface area is 365 Å². The highest BCUT2D eigenvalue weighted by atomic mass is 31.2. The van der Waals surface area contributed by atoms with E-state index in [4.69, 9.17) is 18.5 Å². The zero-order valence-electron chi connectivity index (χ0n) is 38.5. The molecular formula is C48H86NO10P. The van der Waals surface area contributed by atoms with Crippen molar-refractivity contribution in [1.82, 2.24) is 0 Å². The summed E-state index contributed by atoms with van der Waals surface area (Å²) in [6.45, 7) is 3.92. The number of likely N-dealkylation sites (N-methyl/N-ethyl adjacent to an activating group) is 1. The summed E-state index contributed by atoms with van der Waals surface area (Å²) in [5.41, 5.74) is 0. The van der Waals surface area contributed by atoms with Gasteiger partial charge in [-0.2, -0.15) is 0 Å². The summed E-state index contributed by atoms with van der Waals surface area (Å²) < 4.78 is 33.9. The Balaban J connectivity index is 2.41. The van der Waals surface area contributed by atoms with Crippen molar-refractivity contribution in [2.75, 3.05) is 47.5 Å². The quantitative estimate of drug-likeness (QED) is 0.0207. The molecule has 60 heavy (non-hydrogen) atoms. The van der Waals surface area contributed by atoms with Crippen molar-refractivity contribution in [3.63, 3.8) is 0 Å². The van der Waals surface area contributed by atoms with Crippen LogP contribution >= 0.6 is 7.82 Å². The SMILES string of the molecule is CCCCCCCCCCCCCCCCCCCC(=O)O[C@H](COC(=O)CCC/C=C\C[C@H]1C=CC(=O)[C@@H]1/C=C/[C@@H](O)CCCCC)COP(=O)([O-])OCC[N+](C)(C)C. The highest BCUT2D eigenvalue weighted by Gasteiger charge is 2.27. The summed E-state index contributed by atoms with van der Waals surface area (Å²) >= 11 is 0. The number of rotatable bonds is 40. The third kappa shape index (κ3) is 32.6. The molecule has 0 aromatic rings. The van der Waals surface area contributed by atoms with Crippen molar-refractivity contribution in [3.05, 3.63) is 36.5 Å². The minimum atomic E-state index is -4.67. The van der Waals surface area contributed by atoms with Gasteiger partial charge in [-0.1, -0.05) is 166 Å². The number of aliphatic hydroxyl groups excluding tert-OH is 1. The first-order chi connectivity index (χ1) is 28.8. The van der Waals surface area contributed by atoms with Gasteiger partial charge in [-0.05, 0) is 44.1 Å². The zero-order chi connectivity index (χ0) is 44.3. The van der Waals surface area contributed by atoms with Crippen LogP contribution in [-0.4, -0.2) is 87.0 Å². The van der Waals surface area contributed by atoms with Crippen molar-refractivity contribution >= 4 is 25.5 Å². The predicted molar refractivity (Wildman–Crippen MR) is 240 cm³/mol. The Morgan fingerprint density at radius 3 is 1.90 bits per heavy atom. The molecule has 1 aliphatic rings. The number of hydrogen-bond acceptors (Lipinski definition) is 10. The molecule has 1 aliphatic carbocycles. The Hall–Kier alpha value is -2.14. The molecule has 0 aliphatic heterocycles. The third-order valence-electron chi connectivity index (χ3n) is 10.9. The van der Waals surface area contributed by atoms with E-state index < -0.39 is 38.6 Å². The molecule has 348 valence electrons. The molecule has 1 unspecified atom stereocenters. The van der Waals surface area contributed by atoms with Gasteiger partial charge in [0.25, 0.3) is 7.82 Å². The number of carbonyl (C=O) groups excluding carboxylic acids is 3. The molecule has 0 saturated heterocycles. The Morgan fingerprint density at radius 1 is 0.767 bits per heavy atom. The van der Waals surface area contributed by atoms with Crippen LogP contribution in [0.15, 0.2) is 36.5 Å². The van der Waals surface area contributed by atoms with E-state index in [1.54, 1.807) is 12.2 Å². The summed E-state index contributed by atoms with van der Waals surface area (Å²) in [7, 11) is 1.06. The van der Waals surface area contributed by atoms with Crippen LogP contribution in [0.2, 0.25) is 0 Å². The van der Waals surface area contributed by atoms with Gasteiger partial charge in [-0.15, -0.1) is 0 Å². The molecule has 0 saturated carbocycles. The van der Waals surface area contributed by atoms with E-state index in [1.165, 1.54) is 83.5 Å². The van der Waals surface area contributed by atoms with Crippen molar-refractivity contribution in [2.45, 2.75) is 193 Å². The number of nitrogens with zero attached hydrogens (tertiary/aromatic N) is 1. The van der Waals surface area contributed by atoms with Crippen LogP contribution < -0.4 is 4.89 Å². The summed E-state index contributed by atoms with van der Waals surface area (Å²) in [6.07, 6.45) is 36.5. The number of esters is 2. The lowest BCUT2D eigenvalue weighted by atomic mass is 9.90. The van der Waals surface area contributed by atoms with Crippen molar-refractivity contribution in [1.29, 1.82) is 0 Å². The maximum Gasteiger partial charge on any atom is 0.306 e. The number of hydrogen-bond donors (Lipinski definition) is 1. The number of ether oxygens (including phenoxy) is 2. The minimum absolute atomic E-state index is 0.0288. The van der Waals surface area contributed by atoms with Gasteiger partial charge in [0.2, 0.25) is 0 Å². The van der Waals surface area contributed by atoms with Crippen LogP contribution in [0.1, 0.15) is 181 Å². The van der Waals surface area contributed by atoms with E-state index in [-0.39, 0.29) is 43.7 Å². The van der Waals surface area contributed by atoms with Gasteiger partial charge in [0.15, 0.2) is 11.9 Å². The first-order valence-electron chi connectivity index (χ1n) is 23.8. The predicted octanol–water partition coefficient (Wildman–Crippen LogP) is 10.7. The van der Waals surface area contributed by atoms with E-state index in [2.05, 4.69) is 13.8 Å². The van der Waals surface area contributed by atoms with E-state index in [0.717, 1.165) is 38.5 Å². The van der Waals surface area contributed by atoms with E-state index in [1.807, 2.05) is 45.4 Å². The fraction of sp³-hybridized carbons (Fsp3) is 0.812. The summed E-state index contributed by atoms with van der Waals surface area (Å²) in [5.74, 6) is -1.18. The van der Waals surface area contributed by atoms with Gasteiger partial charge in [-0.3, -0.25) is 18.9 Å². The highest BCUT2D eigenvalue weighted by molar-refractivity contribution is 7.45. The van der Waals surface area contributed by atoms with Crippen LogP contribution in [0, 0.1) is 11.8 Å². The van der Waals surface area contributed by atoms with E-state index in [9.17, 15) is 28.9 Å². The fourth-order valence-corrected chi connectivity index (χ4v) is 7.79. The third-order valence-corrected chi connectivity index (χ3v) is 11.9. The molecule has 0 bridgehead atoms. The lowest BCUT2D eigenvalue weighted by molar-refractivity contribution is -0.870. The van der Waals surface area contributed by atoms with Crippen molar-refractivity contribution < 1.29 is 52.0 Å². The molecule has 0 aromatic carbocycles. The smallest absolute Gasteiger partial charge is 0.306 e. The topological polar surface area (TPSA) is 148 Å². The Bertz CT molecular complexity index is 1260. The largest absolute Gasteiger partial charge is 0.756 e. The number of phosphoric ester groups is 1. The number of ketones is 1. The number of phosphoric acid groups is 1. The Kier molecular flexibility index (Phi) is 32.9. The average Bonchev–Trinajstić information content (AvgIpc) is 3.55. The van der Waals surface area contributed by atoms with Gasteiger partial charge in [0.05, 0.1) is 33.9 Å². The monoisotopic (exact) mass is 868 g/mol. The number of aliphatic hydroxyl groups is 1. The zero-order valence-corrected chi connectivity index (χ0v) is 39.4. The van der Waals surface area contributed by atoms with Crippen LogP contribution in [-0.2, 0) is 37.5 Å². The lowest BCUT2D eigenvalue weighted by Gasteiger charge is -2.28. The van der Waals surface area contributed by atoms with Crippen LogP contribution in [0.25, 0.3) is 0 Å². The second-order valence-corrected chi connectivity index (χ2v) is 19.2. The molecule has 0 spiro atoms. The summed E-state index contributed by atoms with van der Waals surface area (Å²) in [4.78, 5) is 50.2. The molecule has 0 amide bonds. The fourth-order valence-electron chi connectivity index (χ4n) is 7.06. The first kappa shape index (κ1) is 55.9. The molecule has 1 rings (SSSR count). The van der Waals surface area contributed by atoms with Gasteiger partial charge < -0.3 is 33.0 Å². The van der Waals surface area contributed by atoms with E-state index >= 15 is 0 Å². The van der Waals surface area contributed by atoms with Gasteiger partial charge in [0.1, 0.15) is 19.8 Å². The van der Waals surface area contributed by atoms with Gasteiger partial charge >= 0.3 is 11.9 Å². The van der Waals surface area contributed by atoms with Crippen LogP contribution in [0.4, 0.5) is 0 Å². The number of unbranched alkanes of at least 4 members (excludes halogenated alkanes) is 19. The second-order valence-electron chi connectivity index (χ2n) is 17.8. The average molecular weight is 868 g/mol. The first-order valence-corrected chi connectivity index (χ1v) is 25.2. The second kappa shape index (κ2) is 35.3. The van der Waals surface area contributed by atoms with E-state index in [0.29, 0.717) is 43.1 Å².